The molecule has 6 nitrogen and oxygen atoms in total. The summed E-state index contributed by atoms with van der Waals surface area (Å²) in [7, 11) is 1.66. The Kier molecular flexibility index (Phi) is 7.84. The summed E-state index contributed by atoms with van der Waals surface area (Å²) in [6.45, 7) is 1.76. The molecule has 0 aliphatic rings. The van der Waals surface area contributed by atoms with Gasteiger partial charge in [-0.3, -0.25) is 9.79 Å². The molecule has 0 heterocycles. The highest BCUT2D eigenvalue weighted by Crippen LogP contribution is 2.07. The van der Waals surface area contributed by atoms with Gasteiger partial charge in [0.1, 0.15) is 12.4 Å². The molecule has 132 valence electrons. The first-order valence-corrected chi connectivity index (χ1v) is 8.21. The van der Waals surface area contributed by atoms with Gasteiger partial charge >= 0.3 is 0 Å². The zero-order chi connectivity index (χ0) is 17.7. The van der Waals surface area contributed by atoms with Gasteiger partial charge in [0.25, 0.3) is 0 Å². The summed E-state index contributed by atoms with van der Waals surface area (Å²) < 4.78 is 5.59. The number of nitrogens with zero attached hydrogens (tertiary/aromatic N) is 1. The number of carbonyl (C=O) groups excluding carboxylic acids is 1. The topological polar surface area (TPSA) is 74.8 Å². The van der Waals surface area contributed by atoms with Crippen molar-refractivity contribution in [3.8, 4) is 5.75 Å². The maximum atomic E-state index is 11.9. The summed E-state index contributed by atoms with van der Waals surface area (Å²) in [6.07, 6.45) is 0. The second-order valence-electron chi connectivity index (χ2n) is 5.28. The fourth-order valence-corrected chi connectivity index (χ4v) is 2.10. The lowest BCUT2D eigenvalue weighted by Crippen LogP contribution is -2.44. The van der Waals surface area contributed by atoms with E-state index in [9.17, 15) is 4.79 Å². The monoisotopic (exact) mass is 340 g/mol. The third-order valence-electron chi connectivity index (χ3n) is 3.38. The number of rotatable bonds is 8. The van der Waals surface area contributed by atoms with Crippen LogP contribution in [0.3, 0.4) is 0 Å². The molecule has 0 radical (unpaired) electrons. The van der Waals surface area contributed by atoms with Crippen molar-refractivity contribution < 1.29 is 9.53 Å². The number of hydrogen-bond acceptors (Lipinski definition) is 3. The van der Waals surface area contributed by atoms with Crippen LogP contribution >= 0.6 is 0 Å². The van der Waals surface area contributed by atoms with Crippen molar-refractivity contribution in [1.29, 1.82) is 0 Å². The van der Waals surface area contributed by atoms with E-state index in [0.717, 1.165) is 11.3 Å². The van der Waals surface area contributed by atoms with Crippen molar-refractivity contribution in [3.63, 3.8) is 0 Å². The predicted octanol–water partition coefficient (Wildman–Crippen LogP) is 1.55. The molecule has 0 aromatic heterocycles. The van der Waals surface area contributed by atoms with Gasteiger partial charge in [0.05, 0.1) is 13.1 Å². The van der Waals surface area contributed by atoms with Crippen LogP contribution in [0.15, 0.2) is 65.7 Å². The number of carbonyl (C=O) groups is 1. The molecule has 0 unspecified atom stereocenters. The Balaban J connectivity index is 1.60. The zero-order valence-corrected chi connectivity index (χ0v) is 14.4. The summed E-state index contributed by atoms with van der Waals surface area (Å²) in [5.74, 6) is 1.30. The van der Waals surface area contributed by atoms with Crippen molar-refractivity contribution in [2.24, 2.45) is 4.99 Å². The number of para-hydroxylation sites is 1. The average Bonchev–Trinajstić information content (AvgIpc) is 2.67. The normalized spacial score (nSPS) is 10.8. The number of amides is 1. The smallest absolute Gasteiger partial charge is 0.239 e. The van der Waals surface area contributed by atoms with Crippen LogP contribution in [-0.2, 0) is 11.3 Å². The lowest BCUT2D eigenvalue weighted by atomic mass is 10.2. The molecule has 0 bridgehead atoms. The van der Waals surface area contributed by atoms with E-state index in [-0.39, 0.29) is 12.5 Å². The van der Waals surface area contributed by atoms with E-state index in [1.54, 1.807) is 7.05 Å². The zero-order valence-electron chi connectivity index (χ0n) is 14.4. The Morgan fingerprint density at radius 3 is 2.32 bits per heavy atom. The molecular weight excluding hydrogens is 316 g/mol. The molecule has 0 aliphatic heterocycles. The predicted molar refractivity (Wildman–Crippen MR) is 99.6 cm³/mol. The fraction of sp³-hybridized carbons (Fsp3) is 0.263. The van der Waals surface area contributed by atoms with Gasteiger partial charge < -0.3 is 20.7 Å². The van der Waals surface area contributed by atoms with E-state index in [1.807, 2.05) is 60.7 Å². The second-order valence-corrected chi connectivity index (χ2v) is 5.28. The Labute approximate surface area is 148 Å². The first-order valence-electron chi connectivity index (χ1n) is 8.21. The Morgan fingerprint density at radius 2 is 1.64 bits per heavy atom. The Morgan fingerprint density at radius 1 is 0.960 bits per heavy atom. The molecule has 6 heteroatoms. The quantitative estimate of drug-likeness (QED) is 0.387. The van der Waals surface area contributed by atoms with Crippen LogP contribution in [-0.4, -0.2) is 38.6 Å². The molecule has 3 N–H and O–H groups in total. The molecule has 0 spiro atoms. The third-order valence-corrected chi connectivity index (χ3v) is 3.38. The van der Waals surface area contributed by atoms with E-state index < -0.39 is 0 Å². The minimum Gasteiger partial charge on any atom is -0.492 e. The molecule has 0 saturated carbocycles. The average molecular weight is 340 g/mol. The van der Waals surface area contributed by atoms with Gasteiger partial charge in [-0.2, -0.15) is 0 Å². The Hall–Kier alpha value is -3.02. The van der Waals surface area contributed by atoms with Gasteiger partial charge in [-0.05, 0) is 17.7 Å². The van der Waals surface area contributed by atoms with Gasteiger partial charge in [-0.1, -0.05) is 48.5 Å². The molecule has 2 rings (SSSR count). The summed E-state index contributed by atoms with van der Waals surface area (Å²) in [5, 5.41) is 8.94. The standard InChI is InChI=1S/C19H24N4O2/c1-20-19(21-12-13-25-17-10-6-3-7-11-17)23-15-18(24)22-14-16-8-4-2-5-9-16/h2-11H,12-15H2,1H3,(H,22,24)(H2,20,21,23). The number of hydrogen-bond donors (Lipinski definition) is 3. The highest BCUT2D eigenvalue weighted by molar-refractivity contribution is 5.86. The molecule has 25 heavy (non-hydrogen) atoms. The van der Waals surface area contributed by atoms with Crippen molar-refractivity contribution in [1.82, 2.24) is 16.0 Å². The van der Waals surface area contributed by atoms with Gasteiger partial charge in [-0.25, -0.2) is 0 Å². The molecule has 0 saturated heterocycles. The Bertz CT molecular complexity index is 660. The highest BCUT2D eigenvalue weighted by Gasteiger charge is 2.03. The summed E-state index contributed by atoms with van der Waals surface area (Å²) in [4.78, 5) is 16.0. The van der Waals surface area contributed by atoms with Crippen LogP contribution in [0, 0.1) is 0 Å². The lowest BCUT2D eigenvalue weighted by molar-refractivity contribution is -0.120. The van der Waals surface area contributed by atoms with E-state index in [1.165, 1.54) is 0 Å². The number of nitrogens with one attached hydrogen (secondary N) is 3. The van der Waals surface area contributed by atoms with Crippen molar-refractivity contribution >= 4 is 11.9 Å². The van der Waals surface area contributed by atoms with Crippen LogP contribution in [0.1, 0.15) is 5.56 Å². The summed E-state index contributed by atoms with van der Waals surface area (Å²) >= 11 is 0. The highest BCUT2D eigenvalue weighted by atomic mass is 16.5. The molecule has 0 fully saturated rings. The van der Waals surface area contributed by atoms with Crippen LogP contribution in [0.2, 0.25) is 0 Å². The molecule has 2 aromatic rings. The molecule has 1 amide bonds. The molecule has 0 atom stereocenters. The van der Waals surface area contributed by atoms with E-state index >= 15 is 0 Å². The van der Waals surface area contributed by atoms with Crippen LogP contribution in [0.25, 0.3) is 0 Å². The van der Waals surface area contributed by atoms with Crippen LogP contribution in [0.5, 0.6) is 5.75 Å². The minimum absolute atomic E-state index is 0.0904. The van der Waals surface area contributed by atoms with E-state index in [4.69, 9.17) is 4.74 Å². The third kappa shape index (κ3) is 7.39. The minimum atomic E-state index is -0.0904. The SMILES string of the molecule is CN=C(NCCOc1ccccc1)NCC(=O)NCc1ccccc1. The molecular formula is C19H24N4O2. The van der Waals surface area contributed by atoms with E-state index in [0.29, 0.717) is 25.7 Å². The molecule has 2 aromatic carbocycles. The first kappa shape index (κ1) is 18.3. The number of guanidine groups is 1. The van der Waals surface area contributed by atoms with Crippen molar-refractivity contribution in [2.75, 3.05) is 26.7 Å². The van der Waals surface area contributed by atoms with Crippen molar-refractivity contribution in [2.45, 2.75) is 6.54 Å². The van der Waals surface area contributed by atoms with Gasteiger partial charge in [0, 0.05) is 13.6 Å². The van der Waals surface area contributed by atoms with Crippen molar-refractivity contribution in [3.05, 3.63) is 66.2 Å². The molecule has 0 aliphatic carbocycles. The number of aliphatic imine (C=N–C) groups is 1. The van der Waals surface area contributed by atoms with E-state index in [2.05, 4.69) is 20.9 Å². The first-order chi connectivity index (χ1) is 12.3. The van der Waals surface area contributed by atoms with Gasteiger partial charge in [0.2, 0.25) is 5.91 Å². The van der Waals surface area contributed by atoms with Crippen LogP contribution in [0.4, 0.5) is 0 Å². The van der Waals surface area contributed by atoms with Gasteiger partial charge in [0.15, 0.2) is 5.96 Å². The number of ether oxygens (including phenoxy) is 1. The number of benzene rings is 2. The maximum absolute atomic E-state index is 11.9. The maximum Gasteiger partial charge on any atom is 0.239 e. The van der Waals surface area contributed by atoms with Gasteiger partial charge in [-0.15, -0.1) is 0 Å². The largest absolute Gasteiger partial charge is 0.492 e. The fourth-order valence-electron chi connectivity index (χ4n) is 2.10. The summed E-state index contributed by atoms with van der Waals surface area (Å²) in [6, 6.07) is 19.4. The lowest BCUT2D eigenvalue weighted by Gasteiger charge is -2.12. The summed E-state index contributed by atoms with van der Waals surface area (Å²) in [5.41, 5.74) is 1.07. The second kappa shape index (κ2) is 10.7. The van der Waals surface area contributed by atoms with Crippen LogP contribution < -0.4 is 20.7 Å².